The Morgan fingerprint density at radius 2 is 2.17 bits per heavy atom. The van der Waals surface area contributed by atoms with E-state index in [0.717, 1.165) is 18.7 Å². The minimum Gasteiger partial charge on any atom is -0.294 e. The highest BCUT2D eigenvalue weighted by atomic mass is 16.1. The molecule has 0 spiro atoms. The number of ketones is 1. The molecule has 96 valence electrons. The number of aromatic nitrogens is 5. The number of hydrogen-bond donors (Lipinski definition) is 0. The van der Waals surface area contributed by atoms with E-state index in [-0.39, 0.29) is 12.2 Å². The lowest BCUT2D eigenvalue weighted by Crippen LogP contribution is -2.11. The Morgan fingerprint density at radius 3 is 2.83 bits per heavy atom. The first-order valence-electron chi connectivity index (χ1n) is 6.08. The van der Waals surface area contributed by atoms with Crippen molar-refractivity contribution < 1.29 is 4.79 Å². The lowest BCUT2D eigenvalue weighted by atomic mass is 10.1. The van der Waals surface area contributed by atoms with Crippen molar-refractivity contribution in [3.63, 3.8) is 0 Å². The van der Waals surface area contributed by atoms with Gasteiger partial charge in [0, 0.05) is 19.8 Å². The van der Waals surface area contributed by atoms with Gasteiger partial charge in [-0.15, -0.1) is 0 Å². The van der Waals surface area contributed by atoms with Gasteiger partial charge in [0.25, 0.3) is 0 Å². The monoisotopic (exact) mass is 247 g/mol. The minimum absolute atomic E-state index is 0.0441. The lowest BCUT2D eigenvalue weighted by molar-refractivity contribution is 0.0988. The normalized spacial score (nSPS) is 10.8. The van der Waals surface area contributed by atoms with E-state index in [1.807, 2.05) is 20.9 Å². The van der Waals surface area contributed by atoms with Crippen LogP contribution >= 0.6 is 0 Å². The van der Waals surface area contributed by atoms with Crippen LogP contribution in [0, 0.1) is 0 Å². The molecule has 0 N–H and O–H groups in total. The third-order valence-corrected chi connectivity index (χ3v) is 2.85. The second-order valence-corrected chi connectivity index (χ2v) is 4.11. The van der Waals surface area contributed by atoms with Crippen molar-refractivity contribution in [3.8, 4) is 0 Å². The fourth-order valence-electron chi connectivity index (χ4n) is 1.96. The molecule has 0 bridgehead atoms. The first kappa shape index (κ1) is 12.5. The van der Waals surface area contributed by atoms with E-state index in [4.69, 9.17) is 0 Å². The van der Waals surface area contributed by atoms with Crippen LogP contribution in [-0.2, 0) is 26.4 Å². The van der Waals surface area contributed by atoms with Gasteiger partial charge in [0.2, 0.25) is 0 Å². The Morgan fingerprint density at radius 1 is 1.39 bits per heavy atom. The van der Waals surface area contributed by atoms with Gasteiger partial charge in [0.15, 0.2) is 5.78 Å². The molecule has 2 aromatic heterocycles. The average Bonchev–Trinajstić information content (AvgIpc) is 2.94. The van der Waals surface area contributed by atoms with Crippen molar-refractivity contribution in [3.05, 3.63) is 29.6 Å². The van der Waals surface area contributed by atoms with E-state index in [1.165, 1.54) is 6.33 Å². The summed E-state index contributed by atoms with van der Waals surface area (Å²) in [6.07, 6.45) is 4.28. The van der Waals surface area contributed by atoms with Gasteiger partial charge in [-0.2, -0.15) is 10.2 Å². The largest absolute Gasteiger partial charge is 0.294 e. The Bertz CT molecular complexity index is 555. The van der Waals surface area contributed by atoms with Crippen LogP contribution in [0.4, 0.5) is 0 Å². The van der Waals surface area contributed by atoms with Gasteiger partial charge in [-0.05, 0) is 13.3 Å². The van der Waals surface area contributed by atoms with Crippen LogP contribution in [-0.4, -0.2) is 30.3 Å². The summed E-state index contributed by atoms with van der Waals surface area (Å²) in [5, 5.41) is 8.34. The van der Waals surface area contributed by atoms with Gasteiger partial charge in [-0.25, -0.2) is 9.67 Å². The summed E-state index contributed by atoms with van der Waals surface area (Å²) in [6.45, 7) is 4.69. The van der Waals surface area contributed by atoms with Crippen LogP contribution in [0.5, 0.6) is 0 Å². The topological polar surface area (TPSA) is 65.6 Å². The molecule has 0 aliphatic heterocycles. The smallest absolute Gasteiger partial charge is 0.173 e. The molecular formula is C12H17N5O. The van der Waals surface area contributed by atoms with Crippen LogP contribution in [0.15, 0.2) is 12.5 Å². The number of nitrogens with zero attached hydrogens (tertiary/aromatic N) is 5. The molecule has 0 atom stereocenters. The van der Waals surface area contributed by atoms with Crippen LogP contribution in [0.3, 0.4) is 0 Å². The van der Waals surface area contributed by atoms with E-state index in [1.54, 1.807) is 15.6 Å². The van der Waals surface area contributed by atoms with Crippen molar-refractivity contribution in [2.45, 2.75) is 33.2 Å². The highest BCUT2D eigenvalue weighted by Gasteiger charge is 2.17. The molecule has 0 saturated heterocycles. The maximum Gasteiger partial charge on any atom is 0.173 e. The number of carbonyl (C=O) groups is 1. The maximum absolute atomic E-state index is 12.2. The standard InChI is InChI=1S/C12H17N5O/c1-4-10-9(7-16(3)15-10)11(18)6-12-13-8-14-17(12)5-2/h7-8H,4-6H2,1-3H3. The average molecular weight is 247 g/mol. The number of hydrogen-bond acceptors (Lipinski definition) is 4. The predicted octanol–water partition coefficient (Wildman–Crippen LogP) is 1.02. The Kier molecular flexibility index (Phi) is 3.55. The summed E-state index contributed by atoms with van der Waals surface area (Å²) >= 11 is 0. The predicted molar refractivity (Wildman–Crippen MR) is 66.3 cm³/mol. The van der Waals surface area contributed by atoms with Crippen LogP contribution in [0.2, 0.25) is 0 Å². The summed E-state index contributed by atoms with van der Waals surface area (Å²) in [7, 11) is 1.82. The molecule has 0 aromatic carbocycles. The van der Waals surface area contributed by atoms with Crippen molar-refractivity contribution >= 4 is 5.78 Å². The van der Waals surface area contributed by atoms with Crippen LogP contribution in [0.25, 0.3) is 0 Å². The molecule has 2 aromatic rings. The van der Waals surface area contributed by atoms with E-state index < -0.39 is 0 Å². The highest BCUT2D eigenvalue weighted by Crippen LogP contribution is 2.11. The fraction of sp³-hybridized carbons (Fsp3) is 0.500. The molecule has 0 aliphatic rings. The molecule has 0 unspecified atom stereocenters. The molecule has 0 amide bonds. The SMILES string of the molecule is CCc1nn(C)cc1C(=O)Cc1ncnn1CC. The zero-order valence-electron chi connectivity index (χ0n) is 10.9. The first-order valence-corrected chi connectivity index (χ1v) is 6.08. The Balaban J connectivity index is 2.21. The van der Waals surface area contributed by atoms with E-state index in [2.05, 4.69) is 15.2 Å². The summed E-state index contributed by atoms with van der Waals surface area (Å²) in [4.78, 5) is 16.4. The number of carbonyl (C=O) groups excluding carboxylic acids is 1. The molecule has 2 rings (SSSR count). The number of rotatable bonds is 5. The van der Waals surface area contributed by atoms with Crippen LogP contribution < -0.4 is 0 Å². The summed E-state index contributed by atoms with van der Waals surface area (Å²) in [5.41, 5.74) is 1.52. The van der Waals surface area contributed by atoms with Crippen molar-refractivity contribution in [2.75, 3.05) is 0 Å². The molecule has 0 fully saturated rings. The second-order valence-electron chi connectivity index (χ2n) is 4.11. The van der Waals surface area contributed by atoms with Crippen molar-refractivity contribution in [2.24, 2.45) is 7.05 Å². The number of aryl methyl sites for hydroxylation is 3. The minimum atomic E-state index is 0.0441. The zero-order chi connectivity index (χ0) is 13.1. The summed E-state index contributed by atoms with van der Waals surface area (Å²) in [5.74, 6) is 0.746. The van der Waals surface area contributed by atoms with Gasteiger partial charge < -0.3 is 0 Å². The van der Waals surface area contributed by atoms with E-state index in [9.17, 15) is 4.79 Å². The molecule has 0 aliphatic carbocycles. The fourth-order valence-corrected chi connectivity index (χ4v) is 1.96. The quantitative estimate of drug-likeness (QED) is 0.740. The molecular weight excluding hydrogens is 230 g/mol. The third-order valence-electron chi connectivity index (χ3n) is 2.85. The molecule has 2 heterocycles. The summed E-state index contributed by atoms with van der Waals surface area (Å²) in [6, 6.07) is 0. The van der Waals surface area contributed by atoms with Crippen LogP contribution in [0.1, 0.15) is 35.7 Å². The van der Waals surface area contributed by atoms with Crippen molar-refractivity contribution in [1.29, 1.82) is 0 Å². The Labute approximate surface area is 106 Å². The van der Waals surface area contributed by atoms with E-state index >= 15 is 0 Å². The van der Waals surface area contributed by atoms with Gasteiger partial charge in [-0.1, -0.05) is 6.92 Å². The molecule has 6 heteroatoms. The Hall–Kier alpha value is -1.98. The van der Waals surface area contributed by atoms with Gasteiger partial charge >= 0.3 is 0 Å². The van der Waals surface area contributed by atoms with Crippen molar-refractivity contribution in [1.82, 2.24) is 24.5 Å². The molecule has 0 radical (unpaired) electrons. The maximum atomic E-state index is 12.2. The highest BCUT2D eigenvalue weighted by molar-refractivity contribution is 5.97. The van der Waals surface area contributed by atoms with Gasteiger partial charge in [-0.3, -0.25) is 9.48 Å². The lowest BCUT2D eigenvalue weighted by Gasteiger charge is -2.02. The second kappa shape index (κ2) is 5.12. The van der Waals surface area contributed by atoms with E-state index in [0.29, 0.717) is 11.4 Å². The third kappa shape index (κ3) is 2.32. The molecule has 18 heavy (non-hydrogen) atoms. The zero-order valence-corrected chi connectivity index (χ0v) is 10.9. The van der Waals surface area contributed by atoms with Gasteiger partial charge in [0.05, 0.1) is 17.7 Å². The number of Topliss-reactive ketones (excluding diaryl/α,β-unsaturated/α-hetero) is 1. The molecule has 6 nitrogen and oxygen atoms in total. The summed E-state index contributed by atoms with van der Waals surface area (Å²) < 4.78 is 3.41. The van der Waals surface area contributed by atoms with Gasteiger partial charge in [0.1, 0.15) is 12.2 Å². The first-order chi connectivity index (χ1) is 8.65. The molecule has 0 saturated carbocycles.